The van der Waals surface area contributed by atoms with Crippen molar-refractivity contribution in [1.29, 1.82) is 0 Å². The Morgan fingerprint density at radius 2 is 1.67 bits per heavy atom. The zero-order valence-electron chi connectivity index (χ0n) is 18.9. The molecular weight excluding hydrogens is 440 g/mol. The van der Waals surface area contributed by atoms with Gasteiger partial charge >= 0.3 is 0 Å². The average Bonchev–Trinajstić information content (AvgIpc) is 3.43. The van der Waals surface area contributed by atoms with Crippen LogP contribution in [-0.4, -0.2) is 77.4 Å². The fourth-order valence-electron chi connectivity index (χ4n) is 4.87. The zero-order valence-corrected chi connectivity index (χ0v) is 19.6. The minimum Gasteiger partial charge on any atom is -0.463 e. The van der Waals surface area contributed by atoms with Crippen LogP contribution in [0.4, 0.5) is 0 Å². The summed E-state index contributed by atoms with van der Waals surface area (Å²) in [5.74, 6) is 0.245. The van der Waals surface area contributed by atoms with Crippen molar-refractivity contribution in [2.75, 3.05) is 46.3 Å². The Kier molecular flexibility index (Phi) is 6.17. The van der Waals surface area contributed by atoms with E-state index < -0.39 is 0 Å². The summed E-state index contributed by atoms with van der Waals surface area (Å²) in [6.07, 6.45) is 3.07. The molecule has 0 aliphatic carbocycles. The molecule has 0 N–H and O–H groups in total. The van der Waals surface area contributed by atoms with Crippen LogP contribution in [0.2, 0.25) is 5.02 Å². The fourth-order valence-corrected chi connectivity index (χ4v) is 5.00. The smallest absolute Gasteiger partial charge is 0.270 e. The lowest BCUT2D eigenvalue weighted by atomic mass is 9.94. The molecule has 0 bridgehead atoms. The van der Waals surface area contributed by atoms with Crippen LogP contribution < -0.4 is 0 Å². The number of likely N-dealkylation sites (N-methyl/N-ethyl adjacent to an activating group) is 1. The SMILES string of the molecule is CN1CCN(C(=O)C2CCN(C(=O)c3cc4occc4n3Cc3ccc(Cl)cc3)CC2)CC1. The second-order valence-electron chi connectivity index (χ2n) is 9.11. The molecular formula is C25H29ClN4O3. The molecule has 0 radical (unpaired) electrons. The van der Waals surface area contributed by atoms with Gasteiger partial charge in [0.2, 0.25) is 5.91 Å². The maximum absolute atomic E-state index is 13.5. The van der Waals surface area contributed by atoms with Gasteiger partial charge in [-0.25, -0.2) is 0 Å². The lowest BCUT2D eigenvalue weighted by Crippen LogP contribution is -2.51. The Morgan fingerprint density at radius 1 is 0.970 bits per heavy atom. The highest BCUT2D eigenvalue weighted by atomic mass is 35.5. The molecule has 2 saturated heterocycles. The lowest BCUT2D eigenvalue weighted by molar-refractivity contribution is -0.138. The van der Waals surface area contributed by atoms with Gasteiger partial charge in [-0.15, -0.1) is 0 Å². The topological polar surface area (TPSA) is 61.9 Å². The monoisotopic (exact) mass is 468 g/mol. The van der Waals surface area contributed by atoms with E-state index in [0.29, 0.717) is 48.8 Å². The third-order valence-electron chi connectivity index (χ3n) is 6.94. The molecule has 2 aromatic heterocycles. The summed E-state index contributed by atoms with van der Waals surface area (Å²) in [7, 11) is 2.09. The molecule has 0 unspecified atom stereocenters. The van der Waals surface area contributed by atoms with Crippen molar-refractivity contribution >= 4 is 34.5 Å². The molecule has 33 heavy (non-hydrogen) atoms. The number of rotatable bonds is 4. The first-order chi connectivity index (χ1) is 16.0. The van der Waals surface area contributed by atoms with Gasteiger partial charge in [-0.2, -0.15) is 0 Å². The summed E-state index contributed by atoms with van der Waals surface area (Å²) in [5, 5.41) is 0.685. The number of fused-ring (bicyclic) bond motifs is 1. The number of piperazine rings is 1. The number of carbonyl (C=O) groups excluding carboxylic acids is 2. The van der Waals surface area contributed by atoms with E-state index in [0.717, 1.165) is 37.3 Å². The third-order valence-corrected chi connectivity index (χ3v) is 7.19. The van der Waals surface area contributed by atoms with E-state index in [1.54, 1.807) is 6.26 Å². The highest BCUT2D eigenvalue weighted by Crippen LogP contribution is 2.27. The first-order valence-electron chi connectivity index (χ1n) is 11.6. The number of hydrogen-bond donors (Lipinski definition) is 0. The van der Waals surface area contributed by atoms with Crippen LogP contribution in [-0.2, 0) is 11.3 Å². The van der Waals surface area contributed by atoms with Crippen LogP contribution in [0.3, 0.4) is 0 Å². The number of hydrogen-bond acceptors (Lipinski definition) is 4. The molecule has 2 aliphatic heterocycles. The quantitative estimate of drug-likeness (QED) is 0.587. The molecule has 0 atom stereocenters. The molecule has 5 rings (SSSR count). The molecule has 2 amide bonds. The summed E-state index contributed by atoms with van der Waals surface area (Å²) < 4.78 is 7.60. The molecule has 0 saturated carbocycles. The summed E-state index contributed by atoms with van der Waals surface area (Å²) >= 11 is 6.03. The van der Waals surface area contributed by atoms with Crippen LogP contribution in [0, 0.1) is 5.92 Å². The van der Waals surface area contributed by atoms with Gasteiger partial charge in [0, 0.05) is 68.9 Å². The lowest BCUT2D eigenvalue weighted by Gasteiger charge is -2.37. The number of benzene rings is 1. The highest BCUT2D eigenvalue weighted by molar-refractivity contribution is 6.30. The fraction of sp³-hybridized carbons (Fsp3) is 0.440. The summed E-state index contributed by atoms with van der Waals surface area (Å²) in [5.41, 5.74) is 3.27. The Bertz CT molecular complexity index is 1140. The van der Waals surface area contributed by atoms with Gasteiger partial charge in [-0.3, -0.25) is 9.59 Å². The van der Waals surface area contributed by atoms with E-state index >= 15 is 0 Å². The number of furan rings is 1. The second kappa shape index (κ2) is 9.23. The number of piperidine rings is 1. The number of amides is 2. The van der Waals surface area contributed by atoms with Crippen LogP contribution in [0.5, 0.6) is 0 Å². The molecule has 7 nitrogen and oxygen atoms in total. The highest BCUT2D eigenvalue weighted by Gasteiger charge is 2.32. The van der Waals surface area contributed by atoms with Gasteiger partial charge in [-0.05, 0) is 37.6 Å². The molecule has 2 fully saturated rings. The van der Waals surface area contributed by atoms with E-state index in [4.69, 9.17) is 16.0 Å². The van der Waals surface area contributed by atoms with Crippen molar-refractivity contribution in [1.82, 2.24) is 19.3 Å². The van der Waals surface area contributed by atoms with Crippen molar-refractivity contribution < 1.29 is 14.0 Å². The van der Waals surface area contributed by atoms with Crippen molar-refractivity contribution in [3.05, 3.63) is 58.9 Å². The minimum atomic E-state index is -0.0131. The van der Waals surface area contributed by atoms with Crippen LogP contribution >= 0.6 is 11.6 Å². The Balaban J connectivity index is 1.28. The Morgan fingerprint density at radius 3 is 2.36 bits per heavy atom. The van der Waals surface area contributed by atoms with Gasteiger partial charge in [0.05, 0.1) is 11.8 Å². The molecule has 174 valence electrons. The summed E-state index contributed by atoms with van der Waals surface area (Å²) in [6, 6.07) is 11.4. The number of likely N-dealkylation sites (tertiary alicyclic amines) is 1. The van der Waals surface area contributed by atoms with Gasteiger partial charge in [0.25, 0.3) is 5.91 Å². The molecule has 1 aromatic carbocycles. The Labute approximate surface area is 198 Å². The number of nitrogens with zero attached hydrogens (tertiary/aromatic N) is 4. The van der Waals surface area contributed by atoms with Crippen molar-refractivity contribution in [3.8, 4) is 0 Å². The first-order valence-corrected chi connectivity index (χ1v) is 11.9. The zero-order chi connectivity index (χ0) is 22.9. The van der Waals surface area contributed by atoms with E-state index in [9.17, 15) is 9.59 Å². The van der Waals surface area contributed by atoms with Crippen molar-refractivity contribution in [3.63, 3.8) is 0 Å². The third kappa shape index (κ3) is 4.52. The van der Waals surface area contributed by atoms with Crippen LogP contribution in [0.15, 0.2) is 47.1 Å². The van der Waals surface area contributed by atoms with E-state index in [1.165, 1.54) is 0 Å². The molecule has 2 aliphatic rings. The number of halogens is 1. The van der Waals surface area contributed by atoms with E-state index in [2.05, 4.69) is 11.9 Å². The van der Waals surface area contributed by atoms with Crippen LogP contribution in [0.1, 0.15) is 28.9 Å². The largest absolute Gasteiger partial charge is 0.463 e. The van der Waals surface area contributed by atoms with E-state index in [-0.39, 0.29) is 17.7 Å². The standard InChI is InChI=1S/C25H29ClN4O3/c1-27-11-13-29(14-12-27)24(31)19-6-9-28(10-7-19)25(32)22-16-23-21(8-15-33-23)30(22)17-18-2-4-20(26)5-3-18/h2-5,8,15-16,19H,6-7,9-14,17H2,1H3. The van der Waals surface area contributed by atoms with Gasteiger partial charge in [-0.1, -0.05) is 23.7 Å². The minimum absolute atomic E-state index is 0.00887. The average molecular weight is 469 g/mol. The second-order valence-corrected chi connectivity index (χ2v) is 9.54. The summed E-state index contributed by atoms with van der Waals surface area (Å²) in [4.78, 5) is 32.6. The molecule has 3 aromatic rings. The molecule has 8 heteroatoms. The van der Waals surface area contributed by atoms with Gasteiger partial charge in [0.1, 0.15) is 5.69 Å². The van der Waals surface area contributed by atoms with Crippen molar-refractivity contribution in [2.24, 2.45) is 5.92 Å². The van der Waals surface area contributed by atoms with Crippen molar-refractivity contribution in [2.45, 2.75) is 19.4 Å². The maximum atomic E-state index is 13.5. The predicted octanol–water partition coefficient (Wildman–Crippen LogP) is 3.56. The number of carbonyl (C=O) groups is 2. The van der Waals surface area contributed by atoms with E-state index in [1.807, 2.05) is 50.8 Å². The van der Waals surface area contributed by atoms with Gasteiger partial charge < -0.3 is 23.7 Å². The number of aromatic nitrogens is 1. The molecule has 0 spiro atoms. The Hall–Kier alpha value is -2.77. The van der Waals surface area contributed by atoms with Gasteiger partial charge in [0.15, 0.2) is 5.58 Å². The predicted molar refractivity (Wildman–Crippen MR) is 127 cm³/mol. The normalized spacial score (nSPS) is 18.2. The maximum Gasteiger partial charge on any atom is 0.270 e. The summed E-state index contributed by atoms with van der Waals surface area (Å²) in [6.45, 7) is 5.19. The first kappa shape index (κ1) is 22.0. The van der Waals surface area contributed by atoms with Crippen LogP contribution in [0.25, 0.3) is 11.1 Å². The molecule has 4 heterocycles.